The van der Waals surface area contributed by atoms with E-state index in [0.29, 0.717) is 26.4 Å². The Balaban J connectivity index is 2.63. The minimum Gasteiger partial charge on any atom is -0.392 e. The lowest BCUT2D eigenvalue weighted by atomic mass is 10.2. The number of nitrogens with zero attached hydrogens (tertiary/aromatic N) is 2. The van der Waals surface area contributed by atoms with Gasteiger partial charge in [-0.15, -0.1) is 0 Å². The van der Waals surface area contributed by atoms with E-state index in [1.165, 1.54) is 0 Å². The summed E-state index contributed by atoms with van der Waals surface area (Å²) >= 11 is 0. The predicted molar refractivity (Wildman–Crippen MR) is 75.4 cm³/mol. The highest BCUT2D eigenvalue weighted by atomic mass is 16.5. The summed E-state index contributed by atoms with van der Waals surface area (Å²) in [6, 6.07) is 3.71. The number of ether oxygens (including phenoxy) is 2. The van der Waals surface area contributed by atoms with Gasteiger partial charge >= 0.3 is 0 Å². The average molecular weight is 268 g/mol. The molecular formula is C14H24N2O3. The molecule has 1 aromatic rings. The molecule has 1 aromatic heterocycles. The van der Waals surface area contributed by atoms with Crippen molar-refractivity contribution in [2.45, 2.75) is 20.5 Å². The number of aliphatic hydroxyl groups is 1. The summed E-state index contributed by atoms with van der Waals surface area (Å²) in [5.74, 6) is 0.853. The number of hydrogen-bond acceptors (Lipinski definition) is 5. The van der Waals surface area contributed by atoms with E-state index in [9.17, 15) is 5.11 Å². The van der Waals surface area contributed by atoms with Crippen molar-refractivity contribution < 1.29 is 14.6 Å². The maximum Gasteiger partial charge on any atom is 0.128 e. The minimum atomic E-state index is 0.0281. The Hall–Kier alpha value is -1.17. The lowest BCUT2D eigenvalue weighted by Crippen LogP contribution is -2.31. The van der Waals surface area contributed by atoms with Crippen LogP contribution in [-0.2, 0) is 16.1 Å². The van der Waals surface area contributed by atoms with Gasteiger partial charge in [-0.05, 0) is 31.5 Å². The van der Waals surface area contributed by atoms with Gasteiger partial charge in [0.2, 0.25) is 0 Å². The topological polar surface area (TPSA) is 54.8 Å². The van der Waals surface area contributed by atoms with Gasteiger partial charge in [-0.2, -0.15) is 0 Å². The molecule has 108 valence electrons. The highest BCUT2D eigenvalue weighted by Crippen LogP contribution is 2.12. The van der Waals surface area contributed by atoms with Crippen molar-refractivity contribution in [3.63, 3.8) is 0 Å². The zero-order chi connectivity index (χ0) is 13.9. The molecule has 0 radical (unpaired) electrons. The minimum absolute atomic E-state index is 0.0281. The van der Waals surface area contributed by atoms with Gasteiger partial charge in [-0.1, -0.05) is 0 Å². The average Bonchev–Trinajstić information content (AvgIpc) is 2.46. The van der Waals surface area contributed by atoms with E-state index in [0.717, 1.165) is 24.5 Å². The smallest absolute Gasteiger partial charge is 0.128 e. The predicted octanol–water partition coefficient (Wildman–Crippen LogP) is 1.45. The Morgan fingerprint density at radius 2 is 1.79 bits per heavy atom. The molecule has 1 heterocycles. The molecule has 0 aliphatic carbocycles. The second-order valence-electron chi connectivity index (χ2n) is 4.06. The first-order valence-electron chi connectivity index (χ1n) is 6.78. The van der Waals surface area contributed by atoms with Crippen LogP contribution in [-0.4, -0.2) is 49.6 Å². The first-order valence-corrected chi connectivity index (χ1v) is 6.78. The molecule has 0 amide bonds. The molecule has 1 N–H and O–H groups in total. The van der Waals surface area contributed by atoms with E-state index in [2.05, 4.69) is 9.88 Å². The largest absolute Gasteiger partial charge is 0.392 e. The SMILES string of the molecule is CCOCCN(CCOCC)c1cc(CO)ccn1. The summed E-state index contributed by atoms with van der Waals surface area (Å²) in [4.78, 5) is 6.46. The zero-order valence-electron chi connectivity index (χ0n) is 11.8. The van der Waals surface area contributed by atoms with Gasteiger partial charge in [0, 0.05) is 32.5 Å². The molecule has 1 rings (SSSR count). The molecule has 0 aromatic carbocycles. The van der Waals surface area contributed by atoms with E-state index in [-0.39, 0.29) is 6.61 Å². The van der Waals surface area contributed by atoms with Gasteiger partial charge < -0.3 is 19.5 Å². The third kappa shape index (κ3) is 6.00. The summed E-state index contributed by atoms with van der Waals surface area (Å²) in [6.07, 6.45) is 1.72. The second kappa shape index (κ2) is 9.72. The fourth-order valence-electron chi connectivity index (χ4n) is 1.71. The van der Waals surface area contributed by atoms with Crippen molar-refractivity contribution in [3.8, 4) is 0 Å². The molecule has 0 aliphatic rings. The van der Waals surface area contributed by atoms with Crippen LogP contribution in [0.15, 0.2) is 18.3 Å². The van der Waals surface area contributed by atoms with Gasteiger partial charge in [0.05, 0.1) is 19.8 Å². The molecule has 0 saturated heterocycles. The van der Waals surface area contributed by atoms with Crippen LogP contribution in [0.4, 0.5) is 5.82 Å². The quantitative estimate of drug-likeness (QED) is 0.651. The number of anilines is 1. The number of pyridine rings is 1. The first kappa shape index (κ1) is 15.9. The summed E-state index contributed by atoms with van der Waals surface area (Å²) in [7, 11) is 0. The molecule has 0 fully saturated rings. The molecule has 5 heteroatoms. The van der Waals surface area contributed by atoms with Crippen molar-refractivity contribution >= 4 is 5.82 Å². The van der Waals surface area contributed by atoms with Crippen LogP contribution in [0.1, 0.15) is 19.4 Å². The van der Waals surface area contributed by atoms with Gasteiger partial charge in [-0.3, -0.25) is 0 Å². The molecular weight excluding hydrogens is 244 g/mol. The lowest BCUT2D eigenvalue weighted by molar-refractivity contribution is 0.141. The van der Waals surface area contributed by atoms with E-state index >= 15 is 0 Å². The Morgan fingerprint density at radius 1 is 1.16 bits per heavy atom. The third-order valence-electron chi connectivity index (χ3n) is 2.74. The van der Waals surface area contributed by atoms with Gasteiger partial charge in [0.1, 0.15) is 5.82 Å². The first-order chi connectivity index (χ1) is 9.31. The van der Waals surface area contributed by atoms with Gasteiger partial charge in [0.25, 0.3) is 0 Å². The van der Waals surface area contributed by atoms with Crippen molar-refractivity contribution in [2.24, 2.45) is 0 Å². The molecule has 0 atom stereocenters. The van der Waals surface area contributed by atoms with Crippen LogP contribution in [0.25, 0.3) is 0 Å². The molecule has 5 nitrogen and oxygen atoms in total. The lowest BCUT2D eigenvalue weighted by Gasteiger charge is -2.23. The fourth-order valence-corrected chi connectivity index (χ4v) is 1.71. The van der Waals surface area contributed by atoms with E-state index in [4.69, 9.17) is 9.47 Å². The molecule has 0 unspecified atom stereocenters. The monoisotopic (exact) mass is 268 g/mol. The number of rotatable bonds is 10. The highest BCUT2D eigenvalue weighted by molar-refractivity contribution is 5.40. The molecule has 19 heavy (non-hydrogen) atoms. The van der Waals surface area contributed by atoms with E-state index in [1.54, 1.807) is 6.20 Å². The van der Waals surface area contributed by atoms with Crippen molar-refractivity contribution in [1.82, 2.24) is 4.98 Å². The molecule has 0 spiro atoms. The Labute approximate surface area is 115 Å². The Morgan fingerprint density at radius 3 is 2.32 bits per heavy atom. The number of hydrogen-bond donors (Lipinski definition) is 1. The fraction of sp³-hybridized carbons (Fsp3) is 0.643. The van der Waals surface area contributed by atoms with E-state index < -0.39 is 0 Å². The third-order valence-corrected chi connectivity index (χ3v) is 2.74. The summed E-state index contributed by atoms with van der Waals surface area (Å²) in [5.41, 5.74) is 0.864. The van der Waals surface area contributed by atoms with Crippen LogP contribution in [0.5, 0.6) is 0 Å². The van der Waals surface area contributed by atoms with Crippen LogP contribution in [0.3, 0.4) is 0 Å². The summed E-state index contributed by atoms with van der Waals surface area (Å²) in [6.45, 7) is 8.27. The van der Waals surface area contributed by atoms with E-state index in [1.807, 2.05) is 26.0 Å². The molecule has 0 saturated carbocycles. The van der Waals surface area contributed by atoms with Gasteiger partial charge in [0.15, 0.2) is 0 Å². The maximum atomic E-state index is 9.18. The standard InChI is InChI=1S/C14H24N2O3/c1-3-18-9-7-16(8-10-19-4-2)14-11-13(12-17)5-6-15-14/h5-6,11,17H,3-4,7-10,12H2,1-2H3. The normalized spacial score (nSPS) is 10.7. The van der Waals surface area contributed by atoms with Crippen molar-refractivity contribution in [2.75, 3.05) is 44.4 Å². The summed E-state index contributed by atoms with van der Waals surface area (Å²) in [5, 5.41) is 9.18. The second-order valence-corrected chi connectivity index (χ2v) is 4.06. The van der Waals surface area contributed by atoms with Crippen LogP contribution < -0.4 is 4.90 Å². The number of aromatic nitrogens is 1. The highest BCUT2D eigenvalue weighted by Gasteiger charge is 2.08. The van der Waals surface area contributed by atoms with Crippen LogP contribution >= 0.6 is 0 Å². The van der Waals surface area contributed by atoms with Crippen LogP contribution in [0, 0.1) is 0 Å². The number of aliphatic hydroxyl groups excluding tert-OH is 1. The molecule has 0 bridgehead atoms. The Bertz CT molecular complexity index is 337. The van der Waals surface area contributed by atoms with Crippen LogP contribution in [0.2, 0.25) is 0 Å². The van der Waals surface area contributed by atoms with Gasteiger partial charge in [-0.25, -0.2) is 4.98 Å². The molecule has 0 aliphatic heterocycles. The maximum absolute atomic E-state index is 9.18. The summed E-state index contributed by atoms with van der Waals surface area (Å²) < 4.78 is 10.8. The Kier molecular flexibility index (Phi) is 8.13. The van der Waals surface area contributed by atoms with Crippen molar-refractivity contribution in [1.29, 1.82) is 0 Å². The van der Waals surface area contributed by atoms with Crippen molar-refractivity contribution in [3.05, 3.63) is 23.9 Å². The zero-order valence-corrected chi connectivity index (χ0v) is 11.8.